The SMILES string of the molecule is CC(=O)OC1COC(OC2CCC3(CO)C(=CCC4C3CCC3(C)C(C(C)CCCC(C)(C)OC(C)=O)CCC43)C2)C(O)C1O. The summed E-state index contributed by atoms with van der Waals surface area (Å²) in [5.74, 6) is 2.27. The Morgan fingerprint density at radius 2 is 1.82 bits per heavy atom. The number of aliphatic hydroxyl groups is 3. The lowest BCUT2D eigenvalue weighted by atomic mass is 9.46. The standard InChI is InChI=1S/C36H58O9/c1-21(8-7-15-34(4,5)45-23(3)39)27-11-12-28-26-10-9-24-18-25(13-17-36(24,20-37)29(26)14-16-35(27,28)6)44-33-32(41)31(40)30(19-42-33)43-22(2)38/h9,21,25-33,37,40-41H,7-8,10-20H2,1-6H3. The van der Waals surface area contributed by atoms with Crippen molar-refractivity contribution in [1.29, 1.82) is 0 Å². The van der Waals surface area contributed by atoms with E-state index >= 15 is 0 Å². The zero-order valence-electron chi connectivity index (χ0n) is 28.3. The molecule has 0 aromatic heterocycles. The van der Waals surface area contributed by atoms with Crippen LogP contribution in [0.15, 0.2) is 11.6 Å². The van der Waals surface area contributed by atoms with Crippen LogP contribution >= 0.6 is 0 Å². The molecule has 1 saturated heterocycles. The molecule has 9 heteroatoms. The second kappa shape index (κ2) is 13.5. The molecule has 256 valence electrons. The van der Waals surface area contributed by atoms with Gasteiger partial charge in [0.15, 0.2) is 12.4 Å². The van der Waals surface area contributed by atoms with Gasteiger partial charge < -0.3 is 34.3 Å². The van der Waals surface area contributed by atoms with E-state index in [0.29, 0.717) is 41.4 Å². The Balaban J connectivity index is 1.21. The molecular weight excluding hydrogens is 576 g/mol. The topological polar surface area (TPSA) is 132 Å². The predicted molar refractivity (Wildman–Crippen MR) is 168 cm³/mol. The van der Waals surface area contributed by atoms with Crippen LogP contribution < -0.4 is 0 Å². The number of esters is 2. The van der Waals surface area contributed by atoms with E-state index in [1.165, 1.54) is 38.7 Å². The molecule has 0 aromatic rings. The normalized spacial score (nSPS) is 42.1. The van der Waals surface area contributed by atoms with Crippen LogP contribution in [0.3, 0.4) is 0 Å². The first-order chi connectivity index (χ1) is 21.2. The first-order valence-electron chi connectivity index (χ1n) is 17.5. The molecule has 4 aliphatic carbocycles. The summed E-state index contributed by atoms with van der Waals surface area (Å²) in [6, 6.07) is 0. The minimum Gasteiger partial charge on any atom is -0.460 e. The summed E-state index contributed by atoms with van der Waals surface area (Å²) in [6.07, 6.45) is 9.00. The largest absolute Gasteiger partial charge is 0.460 e. The fourth-order valence-electron chi connectivity index (χ4n) is 10.7. The summed E-state index contributed by atoms with van der Waals surface area (Å²) in [5.41, 5.74) is 0.961. The molecule has 3 N–H and O–H groups in total. The Bertz CT molecular complexity index is 1100. The number of fused-ring (bicyclic) bond motifs is 5. The number of allylic oxidation sites excluding steroid dienone is 1. The highest BCUT2D eigenvalue weighted by atomic mass is 16.7. The van der Waals surface area contributed by atoms with Gasteiger partial charge in [-0.15, -0.1) is 0 Å². The lowest BCUT2D eigenvalue weighted by Gasteiger charge is -2.59. The van der Waals surface area contributed by atoms with Crippen LogP contribution in [0.5, 0.6) is 0 Å². The van der Waals surface area contributed by atoms with Crippen LogP contribution in [0.4, 0.5) is 0 Å². The summed E-state index contributed by atoms with van der Waals surface area (Å²) in [4.78, 5) is 22.8. The number of ether oxygens (including phenoxy) is 4. The first-order valence-corrected chi connectivity index (χ1v) is 17.5. The Kier molecular flexibility index (Phi) is 10.5. The van der Waals surface area contributed by atoms with Crippen molar-refractivity contribution < 1.29 is 43.9 Å². The van der Waals surface area contributed by atoms with Gasteiger partial charge >= 0.3 is 11.9 Å². The quantitative estimate of drug-likeness (QED) is 0.222. The molecule has 45 heavy (non-hydrogen) atoms. The molecule has 12 unspecified atom stereocenters. The summed E-state index contributed by atoms with van der Waals surface area (Å²) < 4.78 is 22.5. The van der Waals surface area contributed by atoms with Crippen molar-refractivity contribution >= 4 is 11.9 Å². The highest BCUT2D eigenvalue weighted by Crippen LogP contribution is 2.67. The molecule has 9 nitrogen and oxygen atoms in total. The Labute approximate surface area is 269 Å². The van der Waals surface area contributed by atoms with Crippen molar-refractivity contribution in [3.8, 4) is 0 Å². The highest BCUT2D eigenvalue weighted by Gasteiger charge is 2.60. The molecule has 5 aliphatic rings. The van der Waals surface area contributed by atoms with E-state index in [9.17, 15) is 24.9 Å². The lowest BCUT2D eigenvalue weighted by molar-refractivity contribution is -0.287. The summed E-state index contributed by atoms with van der Waals surface area (Å²) in [6.45, 7) is 11.9. The van der Waals surface area contributed by atoms with E-state index in [4.69, 9.17) is 18.9 Å². The van der Waals surface area contributed by atoms with Crippen LogP contribution in [-0.4, -0.2) is 76.8 Å². The fourth-order valence-corrected chi connectivity index (χ4v) is 10.7. The number of rotatable bonds is 10. The van der Waals surface area contributed by atoms with E-state index in [1.54, 1.807) is 0 Å². The van der Waals surface area contributed by atoms with Gasteiger partial charge in [0, 0.05) is 19.3 Å². The summed E-state index contributed by atoms with van der Waals surface area (Å²) in [7, 11) is 0. The van der Waals surface area contributed by atoms with E-state index < -0.39 is 36.2 Å². The van der Waals surface area contributed by atoms with Crippen molar-refractivity contribution in [3.05, 3.63) is 11.6 Å². The molecule has 3 saturated carbocycles. The number of carbonyl (C=O) groups is 2. The van der Waals surface area contributed by atoms with Crippen molar-refractivity contribution in [2.45, 2.75) is 148 Å². The van der Waals surface area contributed by atoms with Crippen molar-refractivity contribution in [2.75, 3.05) is 13.2 Å². The van der Waals surface area contributed by atoms with E-state index in [1.807, 2.05) is 13.8 Å². The van der Waals surface area contributed by atoms with Gasteiger partial charge in [0.05, 0.1) is 19.3 Å². The van der Waals surface area contributed by atoms with E-state index in [0.717, 1.165) is 44.9 Å². The van der Waals surface area contributed by atoms with Crippen LogP contribution in [-0.2, 0) is 28.5 Å². The van der Waals surface area contributed by atoms with Gasteiger partial charge in [-0.3, -0.25) is 9.59 Å². The molecule has 5 rings (SSSR count). The average Bonchev–Trinajstić information content (AvgIpc) is 3.33. The zero-order chi connectivity index (χ0) is 32.7. The van der Waals surface area contributed by atoms with Gasteiger partial charge in [0.25, 0.3) is 0 Å². The molecule has 0 spiro atoms. The van der Waals surface area contributed by atoms with Gasteiger partial charge in [0.2, 0.25) is 0 Å². The molecule has 4 fully saturated rings. The van der Waals surface area contributed by atoms with Gasteiger partial charge in [0.1, 0.15) is 17.8 Å². The molecule has 12 atom stereocenters. The summed E-state index contributed by atoms with van der Waals surface area (Å²) in [5, 5.41) is 32.2. The maximum atomic E-state index is 11.5. The monoisotopic (exact) mass is 634 g/mol. The minimum absolute atomic E-state index is 0.0335. The second-order valence-electron chi connectivity index (χ2n) is 15.9. The Hall–Kier alpha value is -1.52. The van der Waals surface area contributed by atoms with Gasteiger partial charge in [-0.1, -0.05) is 31.9 Å². The molecule has 0 bridgehead atoms. The third-order valence-corrected chi connectivity index (χ3v) is 12.8. The van der Waals surface area contributed by atoms with Crippen LogP contribution in [0, 0.1) is 40.4 Å². The van der Waals surface area contributed by atoms with Gasteiger partial charge in [-0.2, -0.15) is 0 Å². The van der Waals surface area contributed by atoms with E-state index in [-0.39, 0.29) is 30.7 Å². The molecule has 0 radical (unpaired) electrons. The van der Waals surface area contributed by atoms with Crippen molar-refractivity contribution in [2.24, 2.45) is 40.4 Å². The van der Waals surface area contributed by atoms with Crippen LogP contribution in [0.1, 0.15) is 112 Å². The minimum atomic E-state index is -1.31. The number of hydrogen-bond acceptors (Lipinski definition) is 9. The van der Waals surface area contributed by atoms with E-state index in [2.05, 4.69) is 19.9 Å². The van der Waals surface area contributed by atoms with Gasteiger partial charge in [-0.05, 0) is 113 Å². The fraction of sp³-hybridized carbons (Fsp3) is 0.889. The maximum Gasteiger partial charge on any atom is 0.303 e. The molecular formula is C36H58O9. The predicted octanol–water partition coefficient (Wildman–Crippen LogP) is 5.08. The first kappa shape index (κ1) is 34.8. The number of carbonyl (C=O) groups excluding carboxylic acids is 2. The van der Waals surface area contributed by atoms with Gasteiger partial charge in [-0.25, -0.2) is 0 Å². The Morgan fingerprint density at radius 3 is 2.51 bits per heavy atom. The zero-order valence-corrected chi connectivity index (χ0v) is 28.3. The third-order valence-electron chi connectivity index (χ3n) is 12.8. The van der Waals surface area contributed by atoms with Crippen molar-refractivity contribution in [1.82, 2.24) is 0 Å². The Morgan fingerprint density at radius 1 is 1.07 bits per heavy atom. The summed E-state index contributed by atoms with van der Waals surface area (Å²) >= 11 is 0. The van der Waals surface area contributed by atoms with Crippen LogP contribution in [0.2, 0.25) is 0 Å². The van der Waals surface area contributed by atoms with Crippen molar-refractivity contribution in [3.63, 3.8) is 0 Å². The maximum absolute atomic E-state index is 11.5. The molecule has 1 aliphatic heterocycles. The van der Waals surface area contributed by atoms with Crippen LogP contribution in [0.25, 0.3) is 0 Å². The second-order valence-corrected chi connectivity index (χ2v) is 15.9. The molecule has 0 amide bonds. The molecule has 0 aromatic carbocycles. The number of hydrogen-bond donors (Lipinski definition) is 3. The highest BCUT2D eigenvalue weighted by molar-refractivity contribution is 5.66. The number of aliphatic hydroxyl groups excluding tert-OH is 3. The molecule has 1 heterocycles. The third kappa shape index (κ3) is 6.89. The average molecular weight is 635 g/mol. The lowest BCUT2D eigenvalue weighted by Crippen LogP contribution is -2.56. The smallest absolute Gasteiger partial charge is 0.303 e.